The van der Waals surface area contributed by atoms with Crippen molar-refractivity contribution < 1.29 is 0 Å². The maximum atomic E-state index is 3.55. The quantitative estimate of drug-likeness (QED) is 0.815. The molecule has 1 atom stereocenters. The van der Waals surface area contributed by atoms with Crippen molar-refractivity contribution in [2.24, 2.45) is 0 Å². The van der Waals surface area contributed by atoms with Crippen LogP contribution in [0.2, 0.25) is 0 Å². The van der Waals surface area contributed by atoms with Crippen molar-refractivity contribution >= 4 is 11.3 Å². The van der Waals surface area contributed by atoms with Gasteiger partial charge in [-0.05, 0) is 65.6 Å². The highest BCUT2D eigenvalue weighted by molar-refractivity contribution is 7.09. The molecular weight excluding hydrogens is 240 g/mol. The molecule has 1 N–H and O–H groups in total. The van der Waals surface area contributed by atoms with Gasteiger partial charge in [-0.3, -0.25) is 0 Å². The van der Waals surface area contributed by atoms with Gasteiger partial charge in [-0.25, -0.2) is 0 Å². The zero-order valence-electron chi connectivity index (χ0n) is 12.5. The fraction of sp³-hybridized carbons (Fsp3) is 0.733. The highest BCUT2D eigenvalue weighted by Crippen LogP contribution is 2.11. The molecule has 1 aromatic rings. The van der Waals surface area contributed by atoms with Gasteiger partial charge in [0.25, 0.3) is 0 Å². The van der Waals surface area contributed by atoms with Crippen LogP contribution in [0.15, 0.2) is 17.5 Å². The van der Waals surface area contributed by atoms with E-state index in [1.165, 1.54) is 17.7 Å². The molecule has 104 valence electrons. The number of hydrogen-bond donors (Lipinski definition) is 1. The Morgan fingerprint density at radius 2 is 2.11 bits per heavy atom. The van der Waals surface area contributed by atoms with Gasteiger partial charge in [-0.1, -0.05) is 6.07 Å². The molecule has 0 fully saturated rings. The molecule has 0 aromatic carbocycles. The summed E-state index contributed by atoms with van der Waals surface area (Å²) < 4.78 is 0. The second-order valence-electron chi connectivity index (χ2n) is 6.12. The van der Waals surface area contributed by atoms with Gasteiger partial charge in [0.15, 0.2) is 0 Å². The molecule has 0 radical (unpaired) electrons. The van der Waals surface area contributed by atoms with Gasteiger partial charge < -0.3 is 10.2 Å². The first kappa shape index (κ1) is 15.7. The Balaban J connectivity index is 2.18. The second kappa shape index (κ2) is 7.27. The highest BCUT2D eigenvalue weighted by atomic mass is 32.1. The summed E-state index contributed by atoms with van der Waals surface area (Å²) in [4.78, 5) is 3.95. The Kier molecular flexibility index (Phi) is 6.33. The van der Waals surface area contributed by atoms with E-state index in [1.54, 1.807) is 0 Å². The zero-order chi connectivity index (χ0) is 13.6. The number of likely N-dealkylation sites (N-methyl/N-ethyl adjacent to an activating group) is 1. The van der Waals surface area contributed by atoms with Gasteiger partial charge in [-0.15, -0.1) is 11.3 Å². The van der Waals surface area contributed by atoms with Crippen LogP contribution in [0.1, 0.15) is 39.0 Å². The Morgan fingerprint density at radius 3 is 2.67 bits per heavy atom. The van der Waals surface area contributed by atoms with Crippen molar-refractivity contribution in [2.75, 3.05) is 20.1 Å². The van der Waals surface area contributed by atoms with Crippen molar-refractivity contribution in [3.63, 3.8) is 0 Å². The van der Waals surface area contributed by atoms with Gasteiger partial charge >= 0.3 is 0 Å². The predicted molar refractivity (Wildman–Crippen MR) is 82.5 cm³/mol. The fourth-order valence-electron chi connectivity index (χ4n) is 1.84. The molecule has 0 saturated heterocycles. The van der Waals surface area contributed by atoms with E-state index in [-0.39, 0.29) is 5.54 Å². The summed E-state index contributed by atoms with van der Waals surface area (Å²) in [6.45, 7) is 11.2. The number of rotatable bonds is 7. The lowest BCUT2D eigenvalue weighted by molar-refractivity contribution is 0.242. The van der Waals surface area contributed by atoms with Gasteiger partial charge in [0, 0.05) is 23.0 Å². The minimum atomic E-state index is 0.231. The molecule has 0 aliphatic heterocycles. The molecule has 18 heavy (non-hydrogen) atoms. The summed E-state index contributed by atoms with van der Waals surface area (Å²) >= 11 is 1.86. The first-order valence-electron chi connectivity index (χ1n) is 6.86. The summed E-state index contributed by atoms with van der Waals surface area (Å²) in [5, 5.41) is 5.71. The van der Waals surface area contributed by atoms with E-state index in [1.807, 2.05) is 11.3 Å². The van der Waals surface area contributed by atoms with E-state index in [0.29, 0.717) is 6.04 Å². The van der Waals surface area contributed by atoms with Crippen LogP contribution in [0.25, 0.3) is 0 Å². The minimum Gasteiger partial charge on any atom is -0.312 e. The van der Waals surface area contributed by atoms with Crippen LogP contribution in [0, 0.1) is 0 Å². The number of nitrogens with one attached hydrogen (secondary N) is 1. The molecular formula is C15H28N2S. The summed E-state index contributed by atoms with van der Waals surface area (Å²) in [5.41, 5.74) is 0.231. The molecule has 2 nitrogen and oxygen atoms in total. The monoisotopic (exact) mass is 268 g/mol. The van der Waals surface area contributed by atoms with Crippen LogP contribution in [-0.4, -0.2) is 36.6 Å². The Bertz CT molecular complexity index is 314. The smallest absolute Gasteiger partial charge is 0.00965 e. The molecule has 1 rings (SSSR count). The molecule has 3 heteroatoms. The van der Waals surface area contributed by atoms with Gasteiger partial charge in [0.2, 0.25) is 0 Å². The van der Waals surface area contributed by atoms with Crippen LogP contribution < -0.4 is 5.32 Å². The zero-order valence-corrected chi connectivity index (χ0v) is 13.3. The van der Waals surface area contributed by atoms with Crippen molar-refractivity contribution in [3.8, 4) is 0 Å². The normalized spacial score (nSPS) is 14.1. The summed E-state index contributed by atoms with van der Waals surface area (Å²) in [5.74, 6) is 0. The number of nitrogens with zero attached hydrogens (tertiary/aromatic N) is 1. The summed E-state index contributed by atoms with van der Waals surface area (Å²) in [7, 11) is 2.23. The fourth-order valence-corrected chi connectivity index (χ4v) is 2.54. The topological polar surface area (TPSA) is 15.3 Å². The number of thiophene rings is 1. The van der Waals surface area contributed by atoms with Crippen LogP contribution in [0.5, 0.6) is 0 Å². The third kappa shape index (κ3) is 6.53. The lowest BCUT2D eigenvalue weighted by Crippen LogP contribution is -2.40. The summed E-state index contributed by atoms with van der Waals surface area (Å²) in [6, 6.07) is 5.00. The van der Waals surface area contributed by atoms with Crippen molar-refractivity contribution in [3.05, 3.63) is 22.4 Å². The van der Waals surface area contributed by atoms with E-state index >= 15 is 0 Å². The SMILES string of the molecule is CC(CCNC(C)(C)C)N(C)CCc1cccs1. The molecule has 1 unspecified atom stereocenters. The van der Waals surface area contributed by atoms with E-state index in [9.17, 15) is 0 Å². The highest BCUT2D eigenvalue weighted by Gasteiger charge is 2.12. The van der Waals surface area contributed by atoms with E-state index in [4.69, 9.17) is 0 Å². The van der Waals surface area contributed by atoms with Crippen LogP contribution in [0.3, 0.4) is 0 Å². The van der Waals surface area contributed by atoms with Crippen molar-refractivity contribution in [2.45, 2.75) is 52.1 Å². The lowest BCUT2D eigenvalue weighted by Gasteiger charge is -2.27. The van der Waals surface area contributed by atoms with E-state index in [2.05, 4.69) is 62.5 Å². The lowest BCUT2D eigenvalue weighted by atomic mass is 10.1. The van der Waals surface area contributed by atoms with E-state index < -0.39 is 0 Å². The van der Waals surface area contributed by atoms with Crippen LogP contribution in [0.4, 0.5) is 0 Å². The number of hydrogen-bond acceptors (Lipinski definition) is 3. The Morgan fingerprint density at radius 1 is 1.39 bits per heavy atom. The average Bonchev–Trinajstić information content (AvgIpc) is 2.76. The largest absolute Gasteiger partial charge is 0.312 e. The third-order valence-electron chi connectivity index (χ3n) is 3.26. The molecule has 0 saturated carbocycles. The Hall–Kier alpha value is -0.380. The van der Waals surface area contributed by atoms with Crippen molar-refractivity contribution in [1.29, 1.82) is 0 Å². The van der Waals surface area contributed by atoms with Crippen LogP contribution >= 0.6 is 11.3 Å². The third-order valence-corrected chi connectivity index (χ3v) is 4.20. The van der Waals surface area contributed by atoms with E-state index in [0.717, 1.165) is 13.1 Å². The molecule has 0 amide bonds. The molecule has 1 aromatic heterocycles. The van der Waals surface area contributed by atoms with Gasteiger partial charge in [0.1, 0.15) is 0 Å². The Labute approximate surface area is 116 Å². The molecule has 1 heterocycles. The molecule has 0 aliphatic rings. The first-order chi connectivity index (χ1) is 8.38. The molecule has 0 bridgehead atoms. The van der Waals surface area contributed by atoms with Crippen LogP contribution in [-0.2, 0) is 6.42 Å². The second-order valence-corrected chi connectivity index (χ2v) is 7.16. The summed E-state index contributed by atoms with van der Waals surface area (Å²) in [6.07, 6.45) is 2.38. The minimum absolute atomic E-state index is 0.231. The average molecular weight is 268 g/mol. The van der Waals surface area contributed by atoms with Crippen molar-refractivity contribution in [1.82, 2.24) is 10.2 Å². The maximum absolute atomic E-state index is 3.55. The van der Waals surface area contributed by atoms with Gasteiger partial charge in [-0.2, -0.15) is 0 Å². The van der Waals surface area contributed by atoms with Gasteiger partial charge in [0.05, 0.1) is 0 Å². The first-order valence-corrected chi connectivity index (χ1v) is 7.74. The predicted octanol–water partition coefficient (Wildman–Crippen LogP) is 3.39. The maximum Gasteiger partial charge on any atom is 0.00965 e. The molecule has 0 spiro atoms. The standard InChI is InChI=1S/C15H28N2S/c1-13(8-10-16-15(2,3)4)17(5)11-9-14-7-6-12-18-14/h6-7,12-13,16H,8-11H2,1-5H3. The molecule has 0 aliphatic carbocycles.